The topological polar surface area (TPSA) is 107 Å². The van der Waals surface area contributed by atoms with Crippen LogP contribution in [0.3, 0.4) is 0 Å². The van der Waals surface area contributed by atoms with Gasteiger partial charge >= 0.3 is 5.97 Å². The van der Waals surface area contributed by atoms with Gasteiger partial charge in [-0.05, 0) is 52.9 Å². The van der Waals surface area contributed by atoms with Crippen LogP contribution in [-0.2, 0) is 9.53 Å². The van der Waals surface area contributed by atoms with E-state index in [1.165, 1.54) is 0 Å². The minimum Gasteiger partial charge on any atom is -0.465 e. The van der Waals surface area contributed by atoms with Crippen LogP contribution in [0, 0.1) is 5.41 Å². The van der Waals surface area contributed by atoms with E-state index in [0.29, 0.717) is 32.3 Å². The predicted octanol–water partition coefficient (Wildman–Crippen LogP) is 1.71. The zero-order valence-electron chi connectivity index (χ0n) is 15.6. The summed E-state index contributed by atoms with van der Waals surface area (Å²) in [4.78, 5) is 11.6. The van der Waals surface area contributed by atoms with Crippen molar-refractivity contribution >= 4 is 5.97 Å². The molecule has 0 rings (SSSR count). The molecule has 0 radical (unpaired) electrons. The summed E-state index contributed by atoms with van der Waals surface area (Å²) < 4.78 is 5.15. The average molecular weight is 358 g/mol. The molecular weight excluding hydrogens is 324 g/mol. The number of aliphatic hydroxyl groups excluding tert-OH is 4. The standard InChI is InChI=1S/C19H34O6/c1-19(2,3)18(24)25-13-5-4-8-15(21)9-6-10-16(22)11-7-12-17(23)14-20/h6-7,9,11,15-17,20-23H,4-5,8,10,12-14H2,1-3H3/b9-6+,11-7+/t15-,16-,17+/m1/s1. The van der Waals surface area contributed by atoms with E-state index in [4.69, 9.17) is 14.9 Å². The third-order valence-corrected chi connectivity index (χ3v) is 3.45. The summed E-state index contributed by atoms with van der Waals surface area (Å²) in [5.74, 6) is -0.221. The number of esters is 1. The highest BCUT2D eigenvalue weighted by Crippen LogP contribution is 2.15. The number of carbonyl (C=O) groups excluding carboxylic acids is 1. The Kier molecular flexibility index (Phi) is 12.4. The van der Waals surface area contributed by atoms with Crippen LogP contribution in [0.25, 0.3) is 0 Å². The van der Waals surface area contributed by atoms with E-state index in [2.05, 4.69) is 0 Å². The Bertz CT molecular complexity index is 411. The van der Waals surface area contributed by atoms with Crippen LogP contribution >= 0.6 is 0 Å². The van der Waals surface area contributed by atoms with Gasteiger partial charge in [-0.2, -0.15) is 0 Å². The Morgan fingerprint density at radius 1 is 1.00 bits per heavy atom. The lowest BCUT2D eigenvalue weighted by Gasteiger charge is -2.16. The lowest BCUT2D eigenvalue weighted by Crippen LogP contribution is -2.23. The first-order valence-electron chi connectivity index (χ1n) is 8.82. The zero-order chi connectivity index (χ0) is 19.3. The van der Waals surface area contributed by atoms with Crippen LogP contribution in [-0.4, -0.2) is 57.9 Å². The van der Waals surface area contributed by atoms with Gasteiger partial charge in [0.25, 0.3) is 0 Å². The van der Waals surface area contributed by atoms with E-state index in [1.54, 1.807) is 24.3 Å². The minimum atomic E-state index is -0.802. The SMILES string of the molecule is CC(C)(C)C(=O)OCCCC[C@@H](O)/C=C/C[C@@H](O)/C=C/C[C@H](O)CO. The first-order chi connectivity index (χ1) is 11.7. The normalized spacial score (nSPS) is 16.3. The number of unbranched alkanes of at least 4 members (excludes halogenated alkanes) is 1. The van der Waals surface area contributed by atoms with Gasteiger partial charge in [-0.25, -0.2) is 0 Å². The lowest BCUT2D eigenvalue weighted by atomic mass is 9.97. The van der Waals surface area contributed by atoms with Gasteiger partial charge in [0.2, 0.25) is 0 Å². The Labute approximate surface area is 150 Å². The highest BCUT2D eigenvalue weighted by molar-refractivity contribution is 5.75. The Balaban J connectivity index is 3.79. The summed E-state index contributed by atoms with van der Waals surface area (Å²) in [7, 11) is 0. The summed E-state index contributed by atoms with van der Waals surface area (Å²) in [5, 5.41) is 37.3. The van der Waals surface area contributed by atoms with Gasteiger partial charge in [0.15, 0.2) is 0 Å². The number of rotatable bonds is 12. The van der Waals surface area contributed by atoms with Crippen molar-refractivity contribution < 1.29 is 30.0 Å². The van der Waals surface area contributed by atoms with Crippen LogP contribution in [0.1, 0.15) is 52.9 Å². The van der Waals surface area contributed by atoms with E-state index in [0.717, 1.165) is 6.42 Å². The largest absolute Gasteiger partial charge is 0.465 e. The highest BCUT2D eigenvalue weighted by Gasteiger charge is 2.22. The number of carbonyl (C=O) groups is 1. The molecule has 0 aliphatic rings. The molecule has 0 aromatic carbocycles. The van der Waals surface area contributed by atoms with Gasteiger partial charge in [0.1, 0.15) is 0 Å². The Morgan fingerprint density at radius 2 is 1.60 bits per heavy atom. The van der Waals surface area contributed by atoms with Crippen molar-refractivity contribution in [2.24, 2.45) is 5.41 Å². The maximum Gasteiger partial charge on any atom is 0.311 e. The molecule has 0 bridgehead atoms. The van der Waals surface area contributed by atoms with E-state index in [-0.39, 0.29) is 12.6 Å². The molecular formula is C19H34O6. The second-order valence-corrected chi connectivity index (χ2v) is 7.18. The molecule has 25 heavy (non-hydrogen) atoms. The van der Waals surface area contributed by atoms with Crippen molar-refractivity contribution in [3.63, 3.8) is 0 Å². The quantitative estimate of drug-likeness (QED) is 0.240. The third kappa shape index (κ3) is 13.7. The molecule has 0 aromatic rings. The number of ether oxygens (including phenoxy) is 1. The van der Waals surface area contributed by atoms with Crippen molar-refractivity contribution in [1.29, 1.82) is 0 Å². The second-order valence-electron chi connectivity index (χ2n) is 7.18. The van der Waals surface area contributed by atoms with Crippen LogP contribution in [0.2, 0.25) is 0 Å². The predicted molar refractivity (Wildman–Crippen MR) is 96.9 cm³/mol. The van der Waals surface area contributed by atoms with Gasteiger partial charge in [-0.1, -0.05) is 24.3 Å². The van der Waals surface area contributed by atoms with Crippen LogP contribution in [0.4, 0.5) is 0 Å². The van der Waals surface area contributed by atoms with Crippen LogP contribution in [0.5, 0.6) is 0 Å². The van der Waals surface area contributed by atoms with Gasteiger partial charge in [0.05, 0.1) is 36.9 Å². The molecule has 146 valence electrons. The summed E-state index contributed by atoms with van der Waals surface area (Å²) in [6, 6.07) is 0. The maximum absolute atomic E-state index is 11.6. The summed E-state index contributed by atoms with van der Waals surface area (Å²) in [6.07, 6.45) is 7.11. The Hall–Kier alpha value is -1.21. The highest BCUT2D eigenvalue weighted by atomic mass is 16.5. The van der Waals surface area contributed by atoms with Crippen molar-refractivity contribution in [1.82, 2.24) is 0 Å². The van der Waals surface area contributed by atoms with Crippen molar-refractivity contribution in [3.05, 3.63) is 24.3 Å². The van der Waals surface area contributed by atoms with Gasteiger partial charge in [-0.3, -0.25) is 4.79 Å². The van der Waals surface area contributed by atoms with Gasteiger partial charge in [-0.15, -0.1) is 0 Å². The molecule has 0 aromatic heterocycles. The fourth-order valence-corrected chi connectivity index (χ4v) is 1.85. The molecule has 0 amide bonds. The summed E-state index contributed by atoms with van der Waals surface area (Å²) >= 11 is 0. The zero-order valence-corrected chi connectivity index (χ0v) is 15.6. The molecule has 0 aliphatic heterocycles. The first-order valence-corrected chi connectivity index (χ1v) is 8.82. The lowest BCUT2D eigenvalue weighted by molar-refractivity contribution is -0.153. The third-order valence-electron chi connectivity index (χ3n) is 3.45. The molecule has 6 heteroatoms. The van der Waals surface area contributed by atoms with E-state index >= 15 is 0 Å². The van der Waals surface area contributed by atoms with Crippen molar-refractivity contribution in [3.8, 4) is 0 Å². The number of aliphatic hydroxyl groups is 4. The minimum absolute atomic E-state index is 0.221. The van der Waals surface area contributed by atoms with E-state index in [9.17, 15) is 15.0 Å². The molecule has 0 saturated heterocycles. The van der Waals surface area contributed by atoms with E-state index in [1.807, 2.05) is 20.8 Å². The van der Waals surface area contributed by atoms with Crippen LogP contribution < -0.4 is 0 Å². The molecule has 0 fully saturated rings. The van der Waals surface area contributed by atoms with Gasteiger partial charge in [0, 0.05) is 0 Å². The molecule has 0 spiro atoms. The number of hydrogen-bond acceptors (Lipinski definition) is 6. The van der Waals surface area contributed by atoms with Crippen molar-refractivity contribution in [2.45, 2.75) is 71.2 Å². The fraction of sp³-hybridized carbons (Fsp3) is 0.737. The molecule has 3 atom stereocenters. The molecule has 0 saturated carbocycles. The smallest absolute Gasteiger partial charge is 0.311 e. The van der Waals surface area contributed by atoms with Crippen molar-refractivity contribution in [2.75, 3.05) is 13.2 Å². The van der Waals surface area contributed by atoms with Crippen LogP contribution in [0.15, 0.2) is 24.3 Å². The molecule has 6 nitrogen and oxygen atoms in total. The monoisotopic (exact) mass is 358 g/mol. The first kappa shape index (κ1) is 23.8. The second kappa shape index (κ2) is 13.1. The van der Waals surface area contributed by atoms with E-state index < -0.39 is 23.7 Å². The summed E-state index contributed by atoms with van der Waals surface area (Å²) in [6.45, 7) is 5.48. The molecule has 0 heterocycles. The summed E-state index contributed by atoms with van der Waals surface area (Å²) in [5.41, 5.74) is -0.492. The average Bonchev–Trinajstić information content (AvgIpc) is 2.53. The Morgan fingerprint density at radius 3 is 2.20 bits per heavy atom. The number of hydrogen-bond donors (Lipinski definition) is 4. The molecule has 0 aliphatic carbocycles. The molecule has 4 N–H and O–H groups in total. The fourth-order valence-electron chi connectivity index (χ4n) is 1.85. The molecule has 0 unspecified atom stereocenters. The maximum atomic E-state index is 11.6. The van der Waals surface area contributed by atoms with Gasteiger partial charge < -0.3 is 25.2 Å².